The monoisotopic (exact) mass is 250 g/mol. The van der Waals surface area contributed by atoms with E-state index in [1.807, 2.05) is 0 Å². The molecule has 1 aliphatic rings. The molecule has 1 N–H and O–H groups in total. The van der Waals surface area contributed by atoms with Gasteiger partial charge in [-0.2, -0.15) is 0 Å². The summed E-state index contributed by atoms with van der Waals surface area (Å²) in [5.41, 5.74) is 0. The number of morpholine rings is 1. The van der Waals surface area contributed by atoms with E-state index in [-0.39, 0.29) is 24.3 Å². The van der Waals surface area contributed by atoms with E-state index >= 15 is 0 Å². The molecule has 16 heavy (non-hydrogen) atoms. The number of carbonyl (C=O) groups excluding carboxylic acids is 1. The lowest BCUT2D eigenvalue weighted by molar-refractivity contribution is -0.136. The SMILES string of the molecule is CCS(=O)(=O)NCC1CN(C(C)=O)CCO1. The fraction of sp³-hybridized carbons (Fsp3) is 0.889. The molecule has 0 spiro atoms. The van der Waals surface area contributed by atoms with E-state index < -0.39 is 10.0 Å². The van der Waals surface area contributed by atoms with Gasteiger partial charge in [-0.15, -0.1) is 0 Å². The summed E-state index contributed by atoms with van der Waals surface area (Å²) >= 11 is 0. The second-order valence-electron chi connectivity index (χ2n) is 3.71. The van der Waals surface area contributed by atoms with Crippen LogP contribution in [0.3, 0.4) is 0 Å². The molecule has 1 saturated heterocycles. The largest absolute Gasteiger partial charge is 0.373 e. The number of rotatable bonds is 4. The minimum atomic E-state index is -3.19. The number of nitrogens with zero attached hydrogens (tertiary/aromatic N) is 1. The van der Waals surface area contributed by atoms with Crippen molar-refractivity contribution in [3.63, 3.8) is 0 Å². The summed E-state index contributed by atoms with van der Waals surface area (Å²) in [5, 5.41) is 0. The van der Waals surface area contributed by atoms with E-state index in [0.717, 1.165) is 0 Å². The summed E-state index contributed by atoms with van der Waals surface area (Å²) in [5.74, 6) is 0.0440. The number of nitrogens with one attached hydrogen (secondary N) is 1. The molecule has 1 fully saturated rings. The molecular weight excluding hydrogens is 232 g/mol. The van der Waals surface area contributed by atoms with Crippen LogP contribution in [-0.2, 0) is 19.6 Å². The van der Waals surface area contributed by atoms with Gasteiger partial charge in [-0.3, -0.25) is 4.79 Å². The van der Waals surface area contributed by atoms with Crippen molar-refractivity contribution in [2.24, 2.45) is 0 Å². The van der Waals surface area contributed by atoms with Crippen molar-refractivity contribution in [1.82, 2.24) is 9.62 Å². The van der Waals surface area contributed by atoms with Gasteiger partial charge in [0.25, 0.3) is 0 Å². The van der Waals surface area contributed by atoms with E-state index in [1.54, 1.807) is 11.8 Å². The summed E-state index contributed by atoms with van der Waals surface area (Å²) in [6.07, 6.45) is -0.251. The van der Waals surface area contributed by atoms with Crippen LogP contribution in [0.5, 0.6) is 0 Å². The molecule has 0 radical (unpaired) electrons. The van der Waals surface area contributed by atoms with Gasteiger partial charge in [-0.25, -0.2) is 13.1 Å². The molecule has 0 aromatic rings. The molecule has 6 nitrogen and oxygen atoms in total. The second-order valence-corrected chi connectivity index (χ2v) is 5.81. The first-order valence-corrected chi connectivity index (χ1v) is 6.94. The first-order chi connectivity index (χ1) is 7.44. The van der Waals surface area contributed by atoms with E-state index in [0.29, 0.717) is 19.7 Å². The minimum Gasteiger partial charge on any atom is -0.373 e. The van der Waals surface area contributed by atoms with Crippen molar-refractivity contribution in [1.29, 1.82) is 0 Å². The molecule has 94 valence electrons. The highest BCUT2D eigenvalue weighted by Crippen LogP contribution is 2.04. The minimum absolute atomic E-state index is 0.00773. The molecule has 0 saturated carbocycles. The molecule has 1 atom stereocenters. The summed E-state index contributed by atoms with van der Waals surface area (Å²) in [6.45, 7) is 4.77. The maximum absolute atomic E-state index is 11.2. The Labute approximate surface area is 96.0 Å². The molecule has 1 aliphatic heterocycles. The number of carbonyl (C=O) groups is 1. The first-order valence-electron chi connectivity index (χ1n) is 5.29. The Hall–Kier alpha value is -0.660. The van der Waals surface area contributed by atoms with Crippen molar-refractivity contribution >= 4 is 15.9 Å². The van der Waals surface area contributed by atoms with E-state index in [2.05, 4.69) is 4.72 Å². The maximum Gasteiger partial charge on any atom is 0.219 e. The molecule has 1 rings (SSSR count). The van der Waals surface area contributed by atoms with Crippen LogP contribution < -0.4 is 4.72 Å². The predicted octanol–water partition coefficient (Wildman–Crippen LogP) is -0.827. The van der Waals surface area contributed by atoms with Gasteiger partial charge < -0.3 is 9.64 Å². The molecule has 7 heteroatoms. The fourth-order valence-corrected chi connectivity index (χ4v) is 2.09. The van der Waals surface area contributed by atoms with Crippen LogP contribution in [-0.4, -0.2) is 57.3 Å². The first kappa shape index (κ1) is 13.4. The van der Waals surface area contributed by atoms with Gasteiger partial charge in [0.05, 0.1) is 18.5 Å². The van der Waals surface area contributed by atoms with Crippen LogP contribution in [0.2, 0.25) is 0 Å². The van der Waals surface area contributed by atoms with Gasteiger partial charge in [-0.05, 0) is 6.92 Å². The number of hydrogen-bond donors (Lipinski definition) is 1. The molecule has 0 bridgehead atoms. The lowest BCUT2D eigenvalue weighted by atomic mass is 10.3. The zero-order valence-corrected chi connectivity index (χ0v) is 10.4. The summed E-state index contributed by atoms with van der Waals surface area (Å²) in [7, 11) is -3.19. The number of sulfonamides is 1. The molecular formula is C9H18N2O4S. The van der Waals surface area contributed by atoms with Crippen molar-refractivity contribution < 1.29 is 17.9 Å². The highest BCUT2D eigenvalue weighted by Gasteiger charge is 2.23. The van der Waals surface area contributed by atoms with Crippen LogP contribution >= 0.6 is 0 Å². The van der Waals surface area contributed by atoms with Crippen molar-refractivity contribution in [2.75, 3.05) is 32.0 Å². The lowest BCUT2D eigenvalue weighted by Crippen LogP contribution is -2.49. The van der Waals surface area contributed by atoms with Crippen LogP contribution in [0.25, 0.3) is 0 Å². The third kappa shape index (κ3) is 4.07. The van der Waals surface area contributed by atoms with Crippen LogP contribution in [0.1, 0.15) is 13.8 Å². The van der Waals surface area contributed by atoms with Gasteiger partial charge >= 0.3 is 0 Å². The Balaban J connectivity index is 2.41. The van der Waals surface area contributed by atoms with E-state index in [4.69, 9.17) is 4.74 Å². The smallest absolute Gasteiger partial charge is 0.219 e. The number of hydrogen-bond acceptors (Lipinski definition) is 4. The van der Waals surface area contributed by atoms with Crippen molar-refractivity contribution in [2.45, 2.75) is 20.0 Å². The highest BCUT2D eigenvalue weighted by molar-refractivity contribution is 7.89. The Morgan fingerprint density at radius 2 is 2.25 bits per heavy atom. The summed E-state index contributed by atoms with van der Waals surface area (Å²) < 4.78 is 30.2. The van der Waals surface area contributed by atoms with Crippen LogP contribution in [0, 0.1) is 0 Å². The molecule has 0 aromatic heterocycles. The van der Waals surface area contributed by atoms with Gasteiger partial charge in [0, 0.05) is 26.6 Å². The summed E-state index contributed by atoms with van der Waals surface area (Å²) in [4.78, 5) is 12.8. The molecule has 1 unspecified atom stereocenters. The Morgan fingerprint density at radius 1 is 1.56 bits per heavy atom. The van der Waals surface area contributed by atoms with Crippen molar-refractivity contribution in [3.8, 4) is 0 Å². The topological polar surface area (TPSA) is 75.7 Å². The van der Waals surface area contributed by atoms with Crippen LogP contribution in [0.15, 0.2) is 0 Å². The third-order valence-electron chi connectivity index (χ3n) is 2.50. The Bertz CT molecular complexity index is 341. The maximum atomic E-state index is 11.2. The normalized spacial score (nSPS) is 22.1. The van der Waals surface area contributed by atoms with E-state index in [1.165, 1.54) is 6.92 Å². The molecule has 1 heterocycles. The molecule has 0 aliphatic carbocycles. The van der Waals surface area contributed by atoms with Gasteiger partial charge in [0.1, 0.15) is 0 Å². The Morgan fingerprint density at radius 3 is 2.81 bits per heavy atom. The zero-order valence-electron chi connectivity index (χ0n) is 9.60. The average Bonchev–Trinajstić information content (AvgIpc) is 2.27. The highest BCUT2D eigenvalue weighted by atomic mass is 32.2. The van der Waals surface area contributed by atoms with E-state index in [9.17, 15) is 13.2 Å². The van der Waals surface area contributed by atoms with Gasteiger partial charge in [-0.1, -0.05) is 0 Å². The van der Waals surface area contributed by atoms with Gasteiger partial charge in [0.2, 0.25) is 15.9 Å². The van der Waals surface area contributed by atoms with Crippen LogP contribution in [0.4, 0.5) is 0 Å². The number of amides is 1. The predicted molar refractivity (Wildman–Crippen MR) is 59.5 cm³/mol. The van der Waals surface area contributed by atoms with Crippen molar-refractivity contribution in [3.05, 3.63) is 0 Å². The van der Waals surface area contributed by atoms with Gasteiger partial charge in [0.15, 0.2) is 0 Å². The molecule has 1 amide bonds. The average molecular weight is 250 g/mol. The Kier molecular flexibility index (Phi) is 4.69. The third-order valence-corrected chi connectivity index (χ3v) is 3.86. The quantitative estimate of drug-likeness (QED) is 0.707. The fourth-order valence-electron chi connectivity index (χ4n) is 1.45. The number of ether oxygens (including phenoxy) is 1. The second kappa shape index (κ2) is 5.60. The summed E-state index contributed by atoms with van der Waals surface area (Å²) in [6, 6.07) is 0. The standard InChI is InChI=1S/C9H18N2O4S/c1-3-16(13,14)10-6-9-7-11(8(2)12)4-5-15-9/h9-10H,3-7H2,1-2H3. The zero-order chi connectivity index (χ0) is 12.2. The molecule has 0 aromatic carbocycles. The lowest BCUT2D eigenvalue weighted by Gasteiger charge is -2.32.